The zero-order valence-corrected chi connectivity index (χ0v) is 11.3. The third-order valence-corrected chi connectivity index (χ3v) is 2.65. The fraction of sp³-hybridized carbons (Fsp3) is 0.0769. The van der Waals surface area contributed by atoms with Crippen LogP contribution in [0.15, 0.2) is 33.8 Å². The number of carbonyl (C=O) groups is 1. The number of nitrogens with one attached hydrogen (secondary N) is 1. The number of phenols is 2. The topological polar surface area (TPSA) is 138 Å². The predicted molar refractivity (Wildman–Crippen MR) is 74.9 cm³/mol. The number of nitrogens with zero attached hydrogens (tertiary/aromatic N) is 2. The van der Waals surface area contributed by atoms with Crippen LogP contribution in [0.25, 0.3) is 0 Å². The van der Waals surface area contributed by atoms with Gasteiger partial charge in [-0.05, 0) is 19.1 Å². The molecule has 0 saturated carbocycles. The molecule has 1 heterocycles. The van der Waals surface area contributed by atoms with Gasteiger partial charge in [-0.3, -0.25) is 14.9 Å². The van der Waals surface area contributed by atoms with Gasteiger partial charge in [-0.2, -0.15) is 5.10 Å². The first-order valence-corrected chi connectivity index (χ1v) is 5.98. The van der Waals surface area contributed by atoms with E-state index in [0.29, 0.717) is 5.76 Å². The molecule has 9 nitrogen and oxygen atoms in total. The van der Waals surface area contributed by atoms with Crippen molar-refractivity contribution in [2.24, 2.45) is 5.10 Å². The first kappa shape index (κ1) is 15.0. The Morgan fingerprint density at radius 1 is 1.36 bits per heavy atom. The van der Waals surface area contributed by atoms with E-state index in [1.807, 2.05) is 0 Å². The Hall–Kier alpha value is -3.36. The van der Waals surface area contributed by atoms with Gasteiger partial charge in [-0.25, -0.2) is 5.43 Å². The Morgan fingerprint density at radius 2 is 2.09 bits per heavy atom. The maximum absolute atomic E-state index is 11.6. The molecule has 0 spiro atoms. The highest BCUT2D eigenvalue weighted by molar-refractivity contribution is 5.93. The molecular weight excluding hydrogens is 294 g/mol. The monoisotopic (exact) mass is 305 g/mol. The maximum atomic E-state index is 11.6. The zero-order valence-electron chi connectivity index (χ0n) is 11.3. The molecule has 0 aliphatic rings. The molecule has 0 fully saturated rings. The normalized spacial score (nSPS) is 10.8. The number of furan rings is 1. The fourth-order valence-electron chi connectivity index (χ4n) is 1.60. The lowest BCUT2D eigenvalue weighted by molar-refractivity contribution is -0.385. The van der Waals surface area contributed by atoms with E-state index in [2.05, 4.69) is 10.5 Å². The summed E-state index contributed by atoms with van der Waals surface area (Å²) in [5.74, 6) is -1.10. The lowest BCUT2D eigenvalue weighted by Crippen LogP contribution is -2.16. The molecule has 0 aliphatic heterocycles. The van der Waals surface area contributed by atoms with Gasteiger partial charge >= 0.3 is 11.6 Å². The van der Waals surface area contributed by atoms with Gasteiger partial charge in [-0.1, -0.05) is 0 Å². The third-order valence-electron chi connectivity index (χ3n) is 2.65. The van der Waals surface area contributed by atoms with Crippen LogP contribution in [0, 0.1) is 17.0 Å². The highest BCUT2D eigenvalue weighted by Crippen LogP contribution is 2.31. The van der Waals surface area contributed by atoms with Crippen LogP contribution in [0.2, 0.25) is 0 Å². The number of amides is 1. The number of carbonyl (C=O) groups excluding carboxylic acids is 1. The second-order valence-corrected chi connectivity index (χ2v) is 4.27. The van der Waals surface area contributed by atoms with Crippen molar-refractivity contribution in [3.8, 4) is 11.5 Å². The van der Waals surface area contributed by atoms with Gasteiger partial charge in [0.15, 0.2) is 11.5 Å². The van der Waals surface area contributed by atoms with E-state index in [1.165, 1.54) is 6.07 Å². The number of hydrogen-bond donors (Lipinski definition) is 3. The maximum Gasteiger partial charge on any atom is 0.311 e. The van der Waals surface area contributed by atoms with Crippen molar-refractivity contribution in [2.45, 2.75) is 6.92 Å². The molecule has 0 atom stereocenters. The molecule has 1 aromatic carbocycles. The second kappa shape index (κ2) is 5.95. The Balaban J connectivity index is 2.15. The zero-order chi connectivity index (χ0) is 16.3. The van der Waals surface area contributed by atoms with Crippen molar-refractivity contribution in [1.82, 2.24) is 5.43 Å². The molecule has 1 amide bonds. The Morgan fingerprint density at radius 3 is 2.68 bits per heavy atom. The number of nitro groups is 1. The molecule has 114 valence electrons. The fourth-order valence-corrected chi connectivity index (χ4v) is 1.60. The standard InChI is InChI=1S/C13H11N3O6/c1-7-2-3-12(22-7)13(19)15-14-6-8-4-9(16(20)21)11(18)5-10(8)17/h2-6,17-18H,1H3,(H,15,19)/b14-6+. The van der Waals surface area contributed by atoms with Crippen LogP contribution in [0.4, 0.5) is 5.69 Å². The van der Waals surface area contributed by atoms with Gasteiger partial charge in [0.2, 0.25) is 0 Å². The Labute approximate surface area is 123 Å². The number of hydrogen-bond acceptors (Lipinski definition) is 7. The molecule has 0 bridgehead atoms. The van der Waals surface area contributed by atoms with Crippen LogP contribution in [0.5, 0.6) is 11.5 Å². The van der Waals surface area contributed by atoms with Crippen LogP contribution in [0.3, 0.4) is 0 Å². The average Bonchev–Trinajstić information content (AvgIpc) is 2.87. The van der Waals surface area contributed by atoms with Crippen LogP contribution in [-0.2, 0) is 0 Å². The molecule has 0 unspecified atom stereocenters. The van der Waals surface area contributed by atoms with Gasteiger partial charge in [0.1, 0.15) is 11.5 Å². The van der Waals surface area contributed by atoms with Crippen molar-refractivity contribution in [2.75, 3.05) is 0 Å². The number of hydrazone groups is 1. The lowest BCUT2D eigenvalue weighted by Gasteiger charge is -2.01. The molecule has 22 heavy (non-hydrogen) atoms. The summed E-state index contributed by atoms with van der Waals surface area (Å²) in [6, 6.07) is 4.81. The van der Waals surface area contributed by atoms with E-state index in [-0.39, 0.29) is 11.3 Å². The van der Waals surface area contributed by atoms with Crippen LogP contribution in [0.1, 0.15) is 21.9 Å². The first-order chi connectivity index (χ1) is 10.4. The number of rotatable bonds is 4. The van der Waals surface area contributed by atoms with Crippen molar-refractivity contribution in [1.29, 1.82) is 0 Å². The van der Waals surface area contributed by atoms with Crippen molar-refractivity contribution >= 4 is 17.8 Å². The number of phenolic OH excluding ortho intramolecular Hbond substituents is 2. The summed E-state index contributed by atoms with van der Waals surface area (Å²) in [6.45, 7) is 1.67. The highest BCUT2D eigenvalue weighted by atomic mass is 16.6. The van der Waals surface area contributed by atoms with Gasteiger partial charge < -0.3 is 14.6 Å². The van der Waals surface area contributed by atoms with E-state index < -0.39 is 28.0 Å². The second-order valence-electron chi connectivity index (χ2n) is 4.27. The van der Waals surface area contributed by atoms with E-state index >= 15 is 0 Å². The SMILES string of the molecule is Cc1ccc(C(=O)N/N=C/c2cc([N+](=O)[O-])c(O)cc2O)o1. The quantitative estimate of drug-likeness (QED) is 0.446. The van der Waals surface area contributed by atoms with Crippen molar-refractivity contribution in [3.05, 3.63) is 51.5 Å². The van der Waals surface area contributed by atoms with Gasteiger partial charge in [0, 0.05) is 17.7 Å². The Bertz CT molecular complexity index is 765. The number of aromatic hydroxyl groups is 2. The Kier molecular flexibility index (Phi) is 4.07. The summed E-state index contributed by atoms with van der Waals surface area (Å²) >= 11 is 0. The number of benzene rings is 1. The smallest absolute Gasteiger partial charge is 0.311 e. The van der Waals surface area contributed by atoms with E-state index in [9.17, 15) is 25.1 Å². The average molecular weight is 305 g/mol. The summed E-state index contributed by atoms with van der Waals surface area (Å²) < 4.78 is 5.08. The van der Waals surface area contributed by atoms with Gasteiger partial charge in [0.25, 0.3) is 0 Å². The molecule has 0 radical (unpaired) electrons. The molecule has 2 rings (SSSR count). The van der Waals surface area contributed by atoms with Gasteiger partial charge in [0.05, 0.1) is 11.1 Å². The molecule has 0 saturated heterocycles. The molecule has 1 aromatic heterocycles. The van der Waals surface area contributed by atoms with Crippen LogP contribution in [-0.4, -0.2) is 27.3 Å². The lowest BCUT2D eigenvalue weighted by atomic mass is 10.2. The molecule has 0 aliphatic carbocycles. The molecule has 9 heteroatoms. The summed E-state index contributed by atoms with van der Waals surface area (Å²) in [5, 5.41) is 33.2. The summed E-state index contributed by atoms with van der Waals surface area (Å²) in [6.07, 6.45) is 1.01. The minimum absolute atomic E-state index is 0.0413. The van der Waals surface area contributed by atoms with E-state index in [1.54, 1.807) is 13.0 Å². The highest BCUT2D eigenvalue weighted by Gasteiger charge is 2.16. The molecular formula is C13H11N3O6. The van der Waals surface area contributed by atoms with Crippen molar-refractivity contribution < 1.29 is 24.3 Å². The largest absolute Gasteiger partial charge is 0.507 e. The van der Waals surface area contributed by atoms with Gasteiger partial charge in [-0.15, -0.1) is 0 Å². The minimum atomic E-state index is -0.809. The first-order valence-electron chi connectivity index (χ1n) is 5.98. The van der Waals surface area contributed by atoms with Crippen LogP contribution < -0.4 is 5.43 Å². The summed E-state index contributed by atoms with van der Waals surface area (Å²) in [5.41, 5.74) is 1.51. The summed E-state index contributed by atoms with van der Waals surface area (Å²) in [7, 11) is 0. The predicted octanol–water partition coefficient (Wildman–Crippen LogP) is 1.67. The number of nitro benzene ring substituents is 1. The molecule has 2 aromatic rings. The minimum Gasteiger partial charge on any atom is -0.507 e. The van der Waals surface area contributed by atoms with E-state index in [0.717, 1.165) is 18.3 Å². The van der Waals surface area contributed by atoms with E-state index in [4.69, 9.17) is 4.42 Å². The third kappa shape index (κ3) is 3.20. The number of aryl methyl sites for hydroxylation is 1. The van der Waals surface area contributed by atoms with Crippen molar-refractivity contribution in [3.63, 3.8) is 0 Å². The summed E-state index contributed by atoms with van der Waals surface area (Å²) in [4.78, 5) is 21.5. The molecule has 3 N–H and O–H groups in total. The van der Waals surface area contributed by atoms with Crippen LogP contribution >= 0.6 is 0 Å².